The second-order valence-corrected chi connectivity index (χ2v) is 20.2. The molecule has 0 saturated heterocycles. The zero-order valence-electron chi connectivity index (χ0n) is 48.8. The summed E-state index contributed by atoms with van der Waals surface area (Å²) in [6, 6.07) is 0. The Bertz CT molecular complexity index is 1570. The first-order valence-electron chi connectivity index (χ1n) is 31.0. The van der Waals surface area contributed by atoms with E-state index in [1.165, 1.54) is 116 Å². The van der Waals surface area contributed by atoms with E-state index < -0.39 is 6.10 Å². The molecule has 6 nitrogen and oxygen atoms in total. The summed E-state index contributed by atoms with van der Waals surface area (Å²) in [6.07, 6.45) is 86.8. The fourth-order valence-corrected chi connectivity index (χ4v) is 8.38. The molecule has 0 fully saturated rings. The van der Waals surface area contributed by atoms with Crippen LogP contribution in [0.2, 0.25) is 0 Å². The molecular weight excluding hydrogens is 925 g/mol. The molecule has 0 N–H and O–H groups in total. The fraction of sp³-hybridized carbons (Fsp3) is 0.667. The molecule has 0 aliphatic rings. The first-order chi connectivity index (χ1) is 37.0. The van der Waals surface area contributed by atoms with Crippen LogP contribution in [0.4, 0.5) is 0 Å². The van der Waals surface area contributed by atoms with Gasteiger partial charge >= 0.3 is 17.9 Å². The van der Waals surface area contributed by atoms with Gasteiger partial charge in [-0.25, -0.2) is 0 Å². The molecular formula is C69H114O6. The molecule has 0 rings (SSSR count). The Labute approximate surface area is 462 Å². The number of hydrogen-bond acceptors (Lipinski definition) is 6. The van der Waals surface area contributed by atoms with E-state index in [0.717, 1.165) is 116 Å². The maximum atomic E-state index is 12.8. The van der Waals surface area contributed by atoms with Crippen molar-refractivity contribution >= 4 is 17.9 Å². The third-order valence-corrected chi connectivity index (χ3v) is 13.0. The van der Waals surface area contributed by atoms with Crippen LogP contribution in [0, 0.1) is 0 Å². The average Bonchev–Trinajstić information content (AvgIpc) is 3.41. The molecule has 0 amide bonds. The third-order valence-electron chi connectivity index (χ3n) is 13.0. The van der Waals surface area contributed by atoms with Gasteiger partial charge in [0.25, 0.3) is 0 Å². The molecule has 1 atom stereocenters. The van der Waals surface area contributed by atoms with Crippen molar-refractivity contribution in [2.45, 2.75) is 284 Å². The van der Waals surface area contributed by atoms with E-state index in [2.05, 4.69) is 142 Å². The number of carbonyl (C=O) groups excluding carboxylic acids is 3. The van der Waals surface area contributed by atoms with Crippen LogP contribution < -0.4 is 0 Å². The Balaban J connectivity index is 4.04. The molecule has 0 bridgehead atoms. The monoisotopic (exact) mass is 1040 g/mol. The topological polar surface area (TPSA) is 78.9 Å². The van der Waals surface area contributed by atoms with Crippen LogP contribution in [0.3, 0.4) is 0 Å². The van der Waals surface area contributed by atoms with Crippen molar-refractivity contribution in [3.8, 4) is 0 Å². The quantitative estimate of drug-likeness (QED) is 0.0261. The minimum Gasteiger partial charge on any atom is -0.462 e. The van der Waals surface area contributed by atoms with E-state index in [9.17, 15) is 14.4 Å². The van der Waals surface area contributed by atoms with Gasteiger partial charge in [0.15, 0.2) is 6.10 Å². The van der Waals surface area contributed by atoms with Crippen LogP contribution in [-0.4, -0.2) is 37.2 Å². The highest BCUT2D eigenvalue weighted by molar-refractivity contribution is 5.71. The zero-order chi connectivity index (χ0) is 54.3. The Kier molecular flexibility index (Phi) is 58.9. The van der Waals surface area contributed by atoms with Gasteiger partial charge in [-0.3, -0.25) is 14.4 Å². The number of allylic oxidation sites excluding steroid dienone is 20. The van der Waals surface area contributed by atoms with Crippen molar-refractivity contribution in [3.63, 3.8) is 0 Å². The lowest BCUT2D eigenvalue weighted by Gasteiger charge is -2.18. The van der Waals surface area contributed by atoms with Gasteiger partial charge < -0.3 is 14.2 Å². The van der Waals surface area contributed by atoms with Crippen molar-refractivity contribution in [3.05, 3.63) is 122 Å². The van der Waals surface area contributed by atoms with Crippen LogP contribution in [0.15, 0.2) is 122 Å². The van der Waals surface area contributed by atoms with Crippen LogP contribution >= 0.6 is 0 Å². The Hall–Kier alpha value is -4.19. The minimum absolute atomic E-state index is 0.0936. The van der Waals surface area contributed by atoms with E-state index in [-0.39, 0.29) is 37.5 Å². The second kappa shape index (κ2) is 62.4. The molecule has 75 heavy (non-hydrogen) atoms. The van der Waals surface area contributed by atoms with E-state index in [1.54, 1.807) is 0 Å². The summed E-state index contributed by atoms with van der Waals surface area (Å²) in [4.78, 5) is 37.9. The lowest BCUT2D eigenvalue weighted by Crippen LogP contribution is -2.30. The number of rotatable bonds is 55. The number of unbranched alkanes of at least 4 members (excludes halogenated alkanes) is 24. The highest BCUT2D eigenvalue weighted by atomic mass is 16.6. The van der Waals surface area contributed by atoms with Gasteiger partial charge in [0.2, 0.25) is 0 Å². The lowest BCUT2D eigenvalue weighted by atomic mass is 10.0. The Morgan fingerprint density at radius 3 is 0.840 bits per heavy atom. The molecule has 0 aliphatic carbocycles. The highest BCUT2D eigenvalue weighted by Gasteiger charge is 2.19. The number of hydrogen-bond donors (Lipinski definition) is 0. The minimum atomic E-state index is -0.797. The van der Waals surface area contributed by atoms with Crippen molar-refractivity contribution in [1.29, 1.82) is 0 Å². The van der Waals surface area contributed by atoms with Crippen LogP contribution in [0.25, 0.3) is 0 Å². The molecule has 6 heteroatoms. The number of carbonyl (C=O) groups is 3. The van der Waals surface area contributed by atoms with Crippen LogP contribution in [0.1, 0.15) is 278 Å². The van der Waals surface area contributed by atoms with Gasteiger partial charge in [-0.15, -0.1) is 0 Å². The largest absolute Gasteiger partial charge is 0.462 e. The average molecular weight is 1040 g/mol. The van der Waals surface area contributed by atoms with Gasteiger partial charge in [0, 0.05) is 19.3 Å². The molecule has 0 aliphatic heterocycles. The molecule has 0 spiro atoms. The first-order valence-corrected chi connectivity index (χ1v) is 31.0. The summed E-state index contributed by atoms with van der Waals surface area (Å²) in [6.45, 7) is 6.33. The summed E-state index contributed by atoms with van der Waals surface area (Å²) >= 11 is 0. The highest BCUT2D eigenvalue weighted by Crippen LogP contribution is 2.16. The zero-order valence-corrected chi connectivity index (χ0v) is 48.8. The number of esters is 3. The predicted molar refractivity (Wildman–Crippen MR) is 325 cm³/mol. The molecule has 0 heterocycles. The summed E-state index contributed by atoms with van der Waals surface area (Å²) in [5.74, 6) is -0.940. The molecule has 0 aromatic heterocycles. The van der Waals surface area contributed by atoms with Gasteiger partial charge in [-0.05, 0) is 109 Å². The maximum Gasteiger partial charge on any atom is 0.306 e. The van der Waals surface area contributed by atoms with Gasteiger partial charge in [-0.1, -0.05) is 271 Å². The third kappa shape index (κ3) is 60.6. The molecule has 0 saturated carbocycles. The molecule has 0 aromatic rings. The van der Waals surface area contributed by atoms with E-state index in [4.69, 9.17) is 14.2 Å². The maximum absolute atomic E-state index is 12.8. The van der Waals surface area contributed by atoms with Crippen LogP contribution in [-0.2, 0) is 28.6 Å². The number of ether oxygens (including phenoxy) is 3. The van der Waals surface area contributed by atoms with Crippen molar-refractivity contribution in [2.75, 3.05) is 13.2 Å². The summed E-state index contributed by atoms with van der Waals surface area (Å²) < 4.78 is 16.7. The molecule has 0 aromatic carbocycles. The van der Waals surface area contributed by atoms with Crippen molar-refractivity contribution in [2.24, 2.45) is 0 Å². The normalized spacial score (nSPS) is 12.9. The van der Waals surface area contributed by atoms with E-state index >= 15 is 0 Å². The second-order valence-electron chi connectivity index (χ2n) is 20.2. The fourth-order valence-electron chi connectivity index (χ4n) is 8.38. The molecule has 426 valence electrons. The summed E-state index contributed by atoms with van der Waals surface area (Å²) in [5.41, 5.74) is 0. The lowest BCUT2D eigenvalue weighted by molar-refractivity contribution is -0.167. The first kappa shape index (κ1) is 70.8. The SMILES string of the molecule is CC/C=C\C/C=C\C/C=C\C/C=C\C/C=C\C/C=C\CCCCCCCCCCCCCCCCCCC(=O)OCC(COC(=O)CCCCCCCCC)OC(=O)CCCC/C=C\C/C=C\C/C=C\C/C=C\CC. The van der Waals surface area contributed by atoms with Crippen LogP contribution in [0.5, 0.6) is 0 Å². The van der Waals surface area contributed by atoms with Gasteiger partial charge in [-0.2, -0.15) is 0 Å². The van der Waals surface area contributed by atoms with Crippen molar-refractivity contribution in [1.82, 2.24) is 0 Å². The molecule has 1 unspecified atom stereocenters. The summed E-state index contributed by atoms with van der Waals surface area (Å²) in [7, 11) is 0. The van der Waals surface area contributed by atoms with Gasteiger partial charge in [0.1, 0.15) is 13.2 Å². The standard InChI is InChI=1S/C69H114O6/c1-4-7-10-13-16-18-20-22-24-25-26-27-28-29-30-31-32-33-34-35-36-37-38-39-40-41-42-43-45-46-48-50-53-56-59-62-68(71)74-65-66(64-73-67(70)61-58-55-52-15-12-9-6-3)75-69(72)63-60-57-54-51-49-47-44-23-21-19-17-14-11-8-5-2/h7-8,10-11,16-19,22-24,26-27,29-30,32-33,44,49,51,66H,4-6,9,12-15,20-21,25,28,31,34-43,45-48,50,52-65H2,1-3H3/b10-7-,11-8-,18-16-,19-17-,24-22-,27-26-,30-29-,33-32-,44-23-,51-49-. The van der Waals surface area contributed by atoms with E-state index in [0.29, 0.717) is 19.3 Å². The summed E-state index contributed by atoms with van der Waals surface area (Å²) in [5, 5.41) is 0. The molecule has 0 radical (unpaired) electrons. The predicted octanol–water partition coefficient (Wildman–Crippen LogP) is 21.2. The Morgan fingerprint density at radius 2 is 0.520 bits per heavy atom. The van der Waals surface area contributed by atoms with Gasteiger partial charge in [0.05, 0.1) is 0 Å². The van der Waals surface area contributed by atoms with E-state index in [1.807, 2.05) is 0 Å². The van der Waals surface area contributed by atoms with Crippen molar-refractivity contribution < 1.29 is 28.6 Å². The smallest absolute Gasteiger partial charge is 0.306 e. The Morgan fingerprint density at radius 1 is 0.280 bits per heavy atom.